The molecule has 4 aromatic rings. The molecule has 0 aliphatic rings. The summed E-state index contributed by atoms with van der Waals surface area (Å²) in [5.41, 5.74) is 4.66. The number of ether oxygens (including phenoxy) is 1. The molecule has 2 heterocycles. The molecule has 2 aromatic carbocycles. The molecule has 0 bridgehead atoms. The summed E-state index contributed by atoms with van der Waals surface area (Å²) in [6, 6.07) is 17.1. The number of fused-ring (bicyclic) bond motifs is 1. The van der Waals surface area contributed by atoms with E-state index in [0.717, 1.165) is 27.2 Å². The van der Waals surface area contributed by atoms with Crippen LogP contribution >= 0.6 is 11.3 Å². The van der Waals surface area contributed by atoms with Crippen LogP contribution in [-0.4, -0.2) is 22.0 Å². The molecule has 0 radical (unpaired) electrons. The van der Waals surface area contributed by atoms with Crippen LogP contribution in [0.15, 0.2) is 60.8 Å². The SMILES string of the molecule is Cc1ccc2sc(N(Cc3ccccn3)C(=O)c3ccc(OC(C)C)cc3)nc2c1C. The summed E-state index contributed by atoms with van der Waals surface area (Å²) >= 11 is 1.52. The molecule has 158 valence electrons. The largest absolute Gasteiger partial charge is 0.491 e. The minimum Gasteiger partial charge on any atom is -0.491 e. The Morgan fingerprint density at radius 1 is 1.06 bits per heavy atom. The lowest BCUT2D eigenvalue weighted by atomic mass is 10.1. The molecule has 0 saturated carbocycles. The first-order chi connectivity index (χ1) is 14.9. The second kappa shape index (κ2) is 8.86. The standard InChI is InChI=1S/C25H25N3O2S/c1-16(2)30-21-11-9-19(10-12-21)24(29)28(15-20-7-5-6-14-26-20)25-27-23-18(4)17(3)8-13-22(23)31-25/h5-14,16H,15H2,1-4H3. The molecule has 0 aliphatic carbocycles. The van der Waals surface area contributed by atoms with Crippen molar-refractivity contribution in [3.05, 3.63) is 83.2 Å². The van der Waals surface area contributed by atoms with E-state index in [4.69, 9.17) is 9.72 Å². The molecule has 0 aliphatic heterocycles. The average molecular weight is 432 g/mol. The van der Waals surface area contributed by atoms with E-state index in [9.17, 15) is 4.79 Å². The smallest absolute Gasteiger partial charge is 0.260 e. The van der Waals surface area contributed by atoms with Gasteiger partial charge in [0.25, 0.3) is 5.91 Å². The zero-order valence-electron chi connectivity index (χ0n) is 18.1. The van der Waals surface area contributed by atoms with Crippen LogP contribution in [0, 0.1) is 13.8 Å². The number of nitrogens with zero attached hydrogens (tertiary/aromatic N) is 3. The van der Waals surface area contributed by atoms with Crippen LogP contribution in [0.2, 0.25) is 0 Å². The third-order valence-electron chi connectivity index (χ3n) is 5.07. The van der Waals surface area contributed by atoms with E-state index in [0.29, 0.717) is 17.2 Å². The Morgan fingerprint density at radius 3 is 2.52 bits per heavy atom. The fourth-order valence-electron chi connectivity index (χ4n) is 3.31. The third kappa shape index (κ3) is 4.59. The number of amides is 1. The lowest BCUT2D eigenvalue weighted by Gasteiger charge is -2.20. The van der Waals surface area contributed by atoms with Crippen molar-refractivity contribution >= 4 is 32.6 Å². The molecule has 0 spiro atoms. The number of pyridine rings is 1. The molecule has 6 heteroatoms. The van der Waals surface area contributed by atoms with Crippen molar-refractivity contribution in [3.8, 4) is 5.75 Å². The quantitative estimate of drug-likeness (QED) is 0.379. The van der Waals surface area contributed by atoms with Crippen molar-refractivity contribution in [3.63, 3.8) is 0 Å². The highest BCUT2D eigenvalue weighted by Gasteiger charge is 2.23. The lowest BCUT2D eigenvalue weighted by molar-refractivity contribution is 0.0984. The lowest BCUT2D eigenvalue weighted by Crippen LogP contribution is -2.30. The molecule has 1 amide bonds. The Bertz CT molecular complexity index is 1200. The predicted molar refractivity (Wildman–Crippen MR) is 126 cm³/mol. The number of benzene rings is 2. The fraction of sp³-hybridized carbons (Fsp3) is 0.240. The van der Waals surface area contributed by atoms with Gasteiger partial charge < -0.3 is 4.74 Å². The van der Waals surface area contributed by atoms with Gasteiger partial charge in [-0.1, -0.05) is 23.5 Å². The van der Waals surface area contributed by atoms with Crippen LogP contribution in [0.5, 0.6) is 5.75 Å². The number of thiazole rings is 1. The van der Waals surface area contributed by atoms with Gasteiger partial charge in [-0.25, -0.2) is 4.98 Å². The first kappa shape index (κ1) is 21.0. The topological polar surface area (TPSA) is 55.3 Å². The Balaban J connectivity index is 1.72. The molecule has 0 saturated heterocycles. The van der Waals surface area contributed by atoms with Crippen molar-refractivity contribution in [1.82, 2.24) is 9.97 Å². The Kier molecular flexibility index (Phi) is 6.00. The zero-order valence-corrected chi connectivity index (χ0v) is 18.9. The van der Waals surface area contributed by atoms with Crippen molar-refractivity contribution in [2.75, 3.05) is 4.90 Å². The van der Waals surface area contributed by atoms with Gasteiger partial charge in [0.05, 0.1) is 28.6 Å². The molecule has 0 atom stereocenters. The molecule has 5 nitrogen and oxygen atoms in total. The maximum Gasteiger partial charge on any atom is 0.260 e. The minimum absolute atomic E-state index is 0.0802. The Morgan fingerprint density at radius 2 is 1.84 bits per heavy atom. The molecule has 4 rings (SSSR count). The summed E-state index contributed by atoms with van der Waals surface area (Å²) in [4.78, 5) is 24.5. The zero-order chi connectivity index (χ0) is 22.0. The number of carbonyl (C=O) groups excluding carboxylic acids is 1. The van der Waals surface area contributed by atoms with Crippen LogP contribution in [-0.2, 0) is 6.54 Å². The van der Waals surface area contributed by atoms with E-state index in [1.807, 2.05) is 44.2 Å². The first-order valence-corrected chi connectivity index (χ1v) is 11.1. The van der Waals surface area contributed by atoms with E-state index in [1.54, 1.807) is 23.2 Å². The summed E-state index contributed by atoms with van der Waals surface area (Å²) in [6.45, 7) is 8.45. The van der Waals surface area contributed by atoms with Crippen molar-refractivity contribution in [1.29, 1.82) is 0 Å². The number of carbonyl (C=O) groups is 1. The maximum absolute atomic E-state index is 13.5. The fourth-order valence-corrected chi connectivity index (χ4v) is 4.34. The highest BCUT2D eigenvalue weighted by molar-refractivity contribution is 7.22. The second-order valence-corrected chi connectivity index (χ2v) is 8.76. The third-order valence-corrected chi connectivity index (χ3v) is 6.11. The van der Waals surface area contributed by atoms with Gasteiger partial charge in [-0.15, -0.1) is 0 Å². The van der Waals surface area contributed by atoms with E-state index < -0.39 is 0 Å². The molecule has 0 N–H and O–H groups in total. The van der Waals surface area contributed by atoms with Crippen LogP contribution < -0.4 is 9.64 Å². The van der Waals surface area contributed by atoms with Crippen molar-refractivity contribution in [2.45, 2.75) is 40.3 Å². The van der Waals surface area contributed by atoms with E-state index in [-0.39, 0.29) is 12.0 Å². The maximum atomic E-state index is 13.5. The molecule has 0 fully saturated rings. The Hall–Kier alpha value is -3.25. The van der Waals surface area contributed by atoms with E-state index in [2.05, 4.69) is 31.0 Å². The van der Waals surface area contributed by atoms with Gasteiger partial charge in [0.2, 0.25) is 0 Å². The van der Waals surface area contributed by atoms with Crippen LogP contribution in [0.3, 0.4) is 0 Å². The first-order valence-electron chi connectivity index (χ1n) is 10.3. The van der Waals surface area contributed by atoms with Crippen molar-refractivity contribution < 1.29 is 9.53 Å². The van der Waals surface area contributed by atoms with Gasteiger partial charge in [0.15, 0.2) is 5.13 Å². The molecular weight excluding hydrogens is 406 g/mol. The highest BCUT2D eigenvalue weighted by Crippen LogP contribution is 2.33. The summed E-state index contributed by atoms with van der Waals surface area (Å²) in [5, 5.41) is 0.668. The van der Waals surface area contributed by atoms with Gasteiger partial charge >= 0.3 is 0 Å². The van der Waals surface area contributed by atoms with Crippen LogP contribution in [0.25, 0.3) is 10.2 Å². The van der Waals surface area contributed by atoms with Crippen LogP contribution in [0.4, 0.5) is 5.13 Å². The predicted octanol–water partition coefficient (Wildman–Crippen LogP) is 5.94. The number of hydrogen-bond donors (Lipinski definition) is 0. The number of aryl methyl sites for hydroxylation is 2. The van der Waals surface area contributed by atoms with Gasteiger partial charge in [-0.2, -0.15) is 0 Å². The number of rotatable bonds is 6. The Labute approximate surface area is 186 Å². The molecule has 2 aromatic heterocycles. The van der Waals surface area contributed by atoms with Crippen molar-refractivity contribution in [2.24, 2.45) is 0 Å². The number of hydrogen-bond acceptors (Lipinski definition) is 5. The summed E-state index contributed by atoms with van der Waals surface area (Å²) in [6.07, 6.45) is 1.82. The summed E-state index contributed by atoms with van der Waals surface area (Å²) in [7, 11) is 0. The van der Waals surface area contributed by atoms with Gasteiger partial charge in [0.1, 0.15) is 5.75 Å². The molecule has 0 unspecified atom stereocenters. The monoisotopic (exact) mass is 431 g/mol. The van der Waals surface area contributed by atoms with Gasteiger partial charge in [-0.05, 0) is 81.3 Å². The normalized spacial score (nSPS) is 11.1. The number of anilines is 1. The highest BCUT2D eigenvalue weighted by atomic mass is 32.1. The van der Waals surface area contributed by atoms with Gasteiger partial charge in [0, 0.05) is 11.8 Å². The summed E-state index contributed by atoms with van der Waals surface area (Å²) in [5.74, 6) is 0.629. The minimum atomic E-state index is -0.116. The number of aromatic nitrogens is 2. The summed E-state index contributed by atoms with van der Waals surface area (Å²) < 4.78 is 6.78. The van der Waals surface area contributed by atoms with Crippen LogP contribution in [0.1, 0.15) is 41.0 Å². The molecule has 31 heavy (non-hydrogen) atoms. The average Bonchev–Trinajstić information content (AvgIpc) is 3.20. The van der Waals surface area contributed by atoms with Gasteiger partial charge in [-0.3, -0.25) is 14.7 Å². The second-order valence-electron chi connectivity index (χ2n) is 7.75. The van der Waals surface area contributed by atoms with E-state index in [1.165, 1.54) is 16.9 Å². The van der Waals surface area contributed by atoms with E-state index >= 15 is 0 Å². The molecular formula is C25H25N3O2S.